The van der Waals surface area contributed by atoms with Crippen molar-refractivity contribution < 1.29 is 9.47 Å². The van der Waals surface area contributed by atoms with Gasteiger partial charge in [-0.1, -0.05) is 24.3 Å². The van der Waals surface area contributed by atoms with Gasteiger partial charge in [0.05, 0.1) is 37.3 Å². The van der Waals surface area contributed by atoms with E-state index in [1.165, 1.54) is 5.56 Å². The highest BCUT2D eigenvalue weighted by Crippen LogP contribution is 2.32. The number of benzene rings is 1. The molecule has 4 rings (SSSR count). The van der Waals surface area contributed by atoms with Crippen LogP contribution < -0.4 is 4.74 Å². The molecule has 0 saturated carbocycles. The number of hydrogen-bond donors (Lipinski definition) is 0. The van der Waals surface area contributed by atoms with Crippen LogP contribution in [0.2, 0.25) is 0 Å². The minimum Gasteiger partial charge on any atom is -0.497 e. The minimum absolute atomic E-state index is 0.215. The molecule has 2 aliphatic rings. The largest absolute Gasteiger partial charge is 0.497 e. The smallest absolute Gasteiger partial charge is 0.118 e. The minimum atomic E-state index is 0.215. The average molecular weight is 314 g/mol. The van der Waals surface area contributed by atoms with E-state index < -0.39 is 0 Å². The van der Waals surface area contributed by atoms with Gasteiger partial charge in [0.2, 0.25) is 0 Å². The Balaban J connectivity index is 1.48. The summed E-state index contributed by atoms with van der Waals surface area (Å²) in [6.45, 7) is 5.56. The maximum atomic E-state index is 6.07. The zero-order valence-electron chi connectivity index (χ0n) is 13.6. The second kappa shape index (κ2) is 5.94. The highest BCUT2D eigenvalue weighted by atomic mass is 16.5. The van der Waals surface area contributed by atoms with Crippen molar-refractivity contribution in [1.29, 1.82) is 0 Å². The number of fused-ring (bicyclic) bond motifs is 3. The highest BCUT2D eigenvalue weighted by Gasteiger charge is 2.40. The van der Waals surface area contributed by atoms with Crippen molar-refractivity contribution in [2.24, 2.45) is 0 Å². The molecule has 2 atom stereocenters. The molecule has 1 fully saturated rings. The zero-order chi connectivity index (χ0) is 15.8. The van der Waals surface area contributed by atoms with Gasteiger partial charge >= 0.3 is 0 Å². The molecule has 1 saturated heterocycles. The van der Waals surface area contributed by atoms with Gasteiger partial charge in [-0.15, -0.1) is 5.10 Å². The number of likely N-dealkylation sites (tertiary alicyclic amines) is 1. The van der Waals surface area contributed by atoms with Crippen LogP contribution in [0, 0.1) is 0 Å². The summed E-state index contributed by atoms with van der Waals surface area (Å²) in [6.07, 6.45) is 1.12. The van der Waals surface area contributed by atoms with E-state index in [1.54, 1.807) is 7.11 Å². The number of aryl methyl sites for hydroxylation is 1. The van der Waals surface area contributed by atoms with Crippen LogP contribution in [-0.2, 0) is 24.3 Å². The fourth-order valence-corrected chi connectivity index (χ4v) is 3.57. The molecule has 3 heterocycles. The van der Waals surface area contributed by atoms with Gasteiger partial charge in [-0.2, -0.15) is 0 Å². The normalized spacial score (nSPS) is 23.6. The first kappa shape index (κ1) is 14.7. The fourth-order valence-electron chi connectivity index (χ4n) is 3.57. The maximum absolute atomic E-state index is 6.07. The first-order valence-corrected chi connectivity index (χ1v) is 8.18. The molecule has 1 aromatic carbocycles. The second-order valence-corrected chi connectivity index (χ2v) is 6.24. The van der Waals surface area contributed by atoms with Crippen molar-refractivity contribution in [3.05, 3.63) is 41.2 Å². The Kier molecular flexibility index (Phi) is 3.79. The van der Waals surface area contributed by atoms with Gasteiger partial charge in [-0.05, 0) is 24.1 Å². The molecule has 1 unspecified atom stereocenters. The molecule has 0 bridgehead atoms. The molecule has 1 aromatic heterocycles. The fraction of sp³-hybridized carbons (Fsp3) is 0.529. The molecular formula is C17H22N4O2. The topological polar surface area (TPSA) is 52.4 Å². The van der Waals surface area contributed by atoms with Crippen LogP contribution in [-0.4, -0.2) is 46.2 Å². The second-order valence-electron chi connectivity index (χ2n) is 6.24. The third-order valence-corrected chi connectivity index (χ3v) is 4.83. The zero-order valence-corrected chi connectivity index (χ0v) is 13.6. The number of hydrogen-bond acceptors (Lipinski definition) is 5. The molecule has 0 N–H and O–H groups in total. The van der Waals surface area contributed by atoms with E-state index >= 15 is 0 Å². The van der Waals surface area contributed by atoms with Gasteiger partial charge in [-0.3, -0.25) is 4.90 Å². The monoisotopic (exact) mass is 314 g/mol. The predicted octanol–water partition coefficient (Wildman–Crippen LogP) is 1.80. The van der Waals surface area contributed by atoms with Gasteiger partial charge in [-0.25, -0.2) is 4.68 Å². The van der Waals surface area contributed by atoms with Crippen LogP contribution in [0.5, 0.6) is 5.75 Å². The van der Waals surface area contributed by atoms with Crippen LogP contribution in [0.15, 0.2) is 24.3 Å². The van der Waals surface area contributed by atoms with E-state index in [0.717, 1.165) is 43.2 Å². The third-order valence-electron chi connectivity index (χ3n) is 4.83. The lowest BCUT2D eigenvalue weighted by atomic mass is 10.1. The molecule has 6 nitrogen and oxygen atoms in total. The summed E-state index contributed by atoms with van der Waals surface area (Å²) in [5.41, 5.74) is 3.51. The van der Waals surface area contributed by atoms with Gasteiger partial charge in [0, 0.05) is 19.6 Å². The molecule has 122 valence electrons. The van der Waals surface area contributed by atoms with Crippen molar-refractivity contribution in [2.45, 2.75) is 38.6 Å². The molecule has 2 aromatic rings. The third kappa shape index (κ3) is 2.62. The lowest BCUT2D eigenvalue weighted by Gasteiger charge is -2.26. The van der Waals surface area contributed by atoms with E-state index in [1.807, 2.05) is 12.1 Å². The van der Waals surface area contributed by atoms with Crippen molar-refractivity contribution in [3.8, 4) is 5.75 Å². The van der Waals surface area contributed by atoms with Crippen LogP contribution >= 0.6 is 0 Å². The quantitative estimate of drug-likeness (QED) is 0.861. The van der Waals surface area contributed by atoms with Gasteiger partial charge in [0.25, 0.3) is 0 Å². The highest BCUT2D eigenvalue weighted by molar-refractivity contribution is 5.27. The number of aromatic nitrogens is 3. The van der Waals surface area contributed by atoms with Crippen LogP contribution in [0.4, 0.5) is 0 Å². The van der Waals surface area contributed by atoms with Crippen molar-refractivity contribution in [3.63, 3.8) is 0 Å². The Morgan fingerprint density at radius 1 is 1.26 bits per heavy atom. The Morgan fingerprint density at radius 2 is 2.09 bits per heavy atom. The molecule has 0 aliphatic carbocycles. The standard InChI is InChI=1S/C17H22N4O2/c1-3-14-16-11-23-17-10-20(9-15(17)21(16)19-18-14)8-12-4-6-13(22-2)7-5-12/h4-7,15,17H,3,8-11H2,1-2H3/t15-,17?/m1/s1. The van der Waals surface area contributed by atoms with Crippen molar-refractivity contribution in [1.82, 2.24) is 19.9 Å². The molecule has 0 amide bonds. The molecule has 2 aliphatic heterocycles. The first-order valence-electron chi connectivity index (χ1n) is 8.18. The number of methoxy groups -OCH3 is 1. The summed E-state index contributed by atoms with van der Waals surface area (Å²) in [7, 11) is 1.69. The molecule has 6 heteroatoms. The average Bonchev–Trinajstić information content (AvgIpc) is 3.18. The lowest BCUT2D eigenvalue weighted by Crippen LogP contribution is -2.32. The number of rotatable bonds is 4. The van der Waals surface area contributed by atoms with Crippen molar-refractivity contribution in [2.75, 3.05) is 20.2 Å². The summed E-state index contributed by atoms with van der Waals surface area (Å²) < 4.78 is 13.4. The Morgan fingerprint density at radius 3 is 2.83 bits per heavy atom. The molecule has 23 heavy (non-hydrogen) atoms. The van der Waals surface area contributed by atoms with Crippen molar-refractivity contribution >= 4 is 0 Å². The Labute approximate surface area is 136 Å². The summed E-state index contributed by atoms with van der Waals surface area (Å²) in [5.74, 6) is 0.895. The summed E-state index contributed by atoms with van der Waals surface area (Å²) in [6, 6.07) is 8.55. The Bertz CT molecular complexity index is 682. The van der Waals surface area contributed by atoms with Crippen LogP contribution in [0.3, 0.4) is 0 Å². The van der Waals surface area contributed by atoms with Crippen LogP contribution in [0.1, 0.15) is 29.9 Å². The van der Waals surface area contributed by atoms with E-state index in [9.17, 15) is 0 Å². The number of nitrogens with zero attached hydrogens (tertiary/aromatic N) is 4. The maximum Gasteiger partial charge on any atom is 0.118 e. The molecule has 0 radical (unpaired) electrons. The van der Waals surface area contributed by atoms with E-state index in [-0.39, 0.29) is 12.1 Å². The molecule has 0 spiro atoms. The summed E-state index contributed by atoms with van der Waals surface area (Å²) in [4.78, 5) is 2.43. The molecular weight excluding hydrogens is 292 g/mol. The SMILES string of the molecule is CCc1nnn2c1COC1CN(Cc3ccc(OC)cc3)C[C@H]12. The van der Waals surface area contributed by atoms with Gasteiger partial charge in [0.15, 0.2) is 0 Å². The van der Waals surface area contributed by atoms with E-state index in [0.29, 0.717) is 6.61 Å². The summed E-state index contributed by atoms with van der Waals surface area (Å²) in [5, 5.41) is 8.68. The first-order chi connectivity index (χ1) is 11.3. The van der Waals surface area contributed by atoms with Gasteiger partial charge in [0.1, 0.15) is 5.75 Å². The predicted molar refractivity (Wildman–Crippen MR) is 85.3 cm³/mol. The Hall–Kier alpha value is -1.92. The van der Waals surface area contributed by atoms with Gasteiger partial charge < -0.3 is 9.47 Å². The van der Waals surface area contributed by atoms with E-state index in [4.69, 9.17) is 9.47 Å². The van der Waals surface area contributed by atoms with Crippen LogP contribution in [0.25, 0.3) is 0 Å². The lowest BCUT2D eigenvalue weighted by molar-refractivity contribution is -0.00559. The van der Waals surface area contributed by atoms with E-state index in [2.05, 4.69) is 39.0 Å². The summed E-state index contributed by atoms with van der Waals surface area (Å²) >= 11 is 0. The number of ether oxygens (including phenoxy) is 2.